The Kier molecular flexibility index (Phi) is 8.63. The highest BCUT2D eigenvalue weighted by molar-refractivity contribution is 6.00. The molecule has 0 saturated carbocycles. The van der Waals surface area contributed by atoms with Crippen LogP contribution in [0.15, 0.2) is 34.7 Å². The number of carbonyl (C=O) groups is 2. The fourth-order valence-corrected chi connectivity index (χ4v) is 5.14. The quantitative estimate of drug-likeness (QED) is 0.455. The molecule has 2 unspecified atom stereocenters. The number of dihydropyridines is 1. The molecule has 216 valence electrons. The summed E-state index contributed by atoms with van der Waals surface area (Å²) in [6, 6.07) is 3.79. The number of carbonyl (C=O) groups excluding carboxylic acids is 2. The summed E-state index contributed by atoms with van der Waals surface area (Å²) in [4.78, 5) is 27.1. The Morgan fingerprint density at radius 1 is 0.974 bits per heavy atom. The highest BCUT2D eigenvalue weighted by Crippen LogP contribution is 2.46. The Balaban J connectivity index is 2.18. The molecule has 1 saturated heterocycles. The highest BCUT2D eigenvalue weighted by atomic mass is 16.7. The summed E-state index contributed by atoms with van der Waals surface area (Å²) in [5.41, 5.74) is 3.20. The molecule has 0 bridgehead atoms. The molecule has 1 aromatic rings. The monoisotopic (exact) mass is 543 g/mol. The molecule has 2 aliphatic heterocycles. The zero-order chi connectivity index (χ0) is 29.5. The molecule has 2 aliphatic rings. The van der Waals surface area contributed by atoms with E-state index in [9.17, 15) is 14.7 Å². The van der Waals surface area contributed by atoms with Crippen molar-refractivity contribution in [1.82, 2.24) is 5.32 Å². The zero-order valence-electron chi connectivity index (χ0n) is 25.3. The predicted molar refractivity (Wildman–Crippen MR) is 149 cm³/mol. The summed E-state index contributed by atoms with van der Waals surface area (Å²) >= 11 is 0. The zero-order valence-corrected chi connectivity index (χ0v) is 25.3. The van der Waals surface area contributed by atoms with Gasteiger partial charge in [0, 0.05) is 11.4 Å². The van der Waals surface area contributed by atoms with Crippen LogP contribution in [-0.4, -0.2) is 48.8 Å². The van der Waals surface area contributed by atoms with E-state index in [2.05, 4.69) is 5.32 Å². The van der Waals surface area contributed by atoms with Crippen LogP contribution in [0.5, 0.6) is 5.75 Å². The lowest BCUT2D eigenvalue weighted by Gasteiger charge is -2.33. The van der Waals surface area contributed by atoms with Gasteiger partial charge >= 0.3 is 11.9 Å². The Bertz CT molecular complexity index is 1160. The molecule has 8 heteroatoms. The van der Waals surface area contributed by atoms with Gasteiger partial charge in [-0.05, 0) is 62.1 Å². The first kappa shape index (κ1) is 30.7. The molecule has 0 aliphatic carbocycles. The minimum atomic E-state index is -0.766. The summed E-state index contributed by atoms with van der Waals surface area (Å²) in [6.45, 7) is 21.6. The number of benzene rings is 1. The number of rotatable bonds is 6. The van der Waals surface area contributed by atoms with E-state index in [0.717, 1.165) is 11.1 Å². The predicted octanol–water partition coefficient (Wildman–Crippen LogP) is 5.48. The van der Waals surface area contributed by atoms with Crippen LogP contribution in [0.1, 0.15) is 98.8 Å². The first-order chi connectivity index (χ1) is 17.9. The molecule has 2 heterocycles. The van der Waals surface area contributed by atoms with Crippen LogP contribution in [0.25, 0.3) is 0 Å². The fourth-order valence-electron chi connectivity index (χ4n) is 5.14. The first-order valence-corrected chi connectivity index (χ1v) is 13.6. The van der Waals surface area contributed by atoms with Gasteiger partial charge in [-0.1, -0.05) is 53.7 Å². The molecule has 39 heavy (non-hydrogen) atoms. The summed E-state index contributed by atoms with van der Waals surface area (Å²) < 4.78 is 22.6. The number of esters is 2. The summed E-state index contributed by atoms with van der Waals surface area (Å²) in [6.07, 6.45) is -0.393. The van der Waals surface area contributed by atoms with Crippen LogP contribution in [0.3, 0.4) is 0 Å². The summed E-state index contributed by atoms with van der Waals surface area (Å²) in [5.74, 6) is -2.36. The van der Waals surface area contributed by atoms with Crippen molar-refractivity contribution in [1.29, 1.82) is 0 Å². The van der Waals surface area contributed by atoms with Crippen LogP contribution in [0, 0.1) is 0 Å². The van der Waals surface area contributed by atoms with Gasteiger partial charge in [0.15, 0.2) is 5.79 Å². The molecule has 1 aromatic carbocycles. The number of hydrogen-bond donors (Lipinski definition) is 2. The molecule has 8 nitrogen and oxygen atoms in total. The van der Waals surface area contributed by atoms with Crippen molar-refractivity contribution in [2.75, 3.05) is 19.8 Å². The van der Waals surface area contributed by atoms with Gasteiger partial charge in [0.05, 0.1) is 30.3 Å². The molecule has 0 amide bonds. The second-order valence-corrected chi connectivity index (χ2v) is 12.9. The fraction of sp³-hybridized carbons (Fsp3) is 0.613. The van der Waals surface area contributed by atoms with E-state index in [0.29, 0.717) is 34.7 Å². The average Bonchev–Trinajstić information content (AvgIpc) is 3.14. The Hall–Kier alpha value is -2.84. The first-order valence-electron chi connectivity index (χ1n) is 13.6. The van der Waals surface area contributed by atoms with E-state index in [1.165, 1.54) is 0 Å². The van der Waals surface area contributed by atoms with Crippen LogP contribution in [0.2, 0.25) is 0 Å². The van der Waals surface area contributed by atoms with Crippen LogP contribution in [-0.2, 0) is 39.4 Å². The maximum absolute atomic E-state index is 13.7. The van der Waals surface area contributed by atoms with Gasteiger partial charge in [0.2, 0.25) is 0 Å². The van der Waals surface area contributed by atoms with Gasteiger partial charge in [-0.15, -0.1) is 0 Å². The standard InChI is InChI=1S/C31H45NO7/c1-12-36-27(34)23-17(2)32-18(3)24(28(35)37-15-20-16-38-31(10,11)39-20)25(23)19-13-21(29(4,5)6)26(33)22(14-19)30(7,8)9/h13-14,20,25,32-33H,12,15-16H2,1-11H3. The van der Waals surface area contributed by atoms with Crippen molar-refractivity contribution >= 4 is 11.9 Å². The molecular weight excluding hydrogens is 498 g/mol. The third-order valence-electron chi connectivity index (χ3n) is 7.02. The van der Waals surface area contributed by atoms with E-state index >= 15 is 0 Å². The summed E-state index contributed by atoms with van der Waals surface area (Å²) in [7, 11) is 0. The Morgan fingerprint density at radius 2 is 1.46 bits per heavy atom. The number of phenolic OH excluding ortho intramolecular Hbond substituents is 1. The second-order valence-electron chi connectivity index (χ2n) is 12.9. The molecule has 0 spiro atoms. The number of ether oxygens (including phenoxy) is 4. The minimum absolute atomic E-state index is 0.0132. The minimum Gasteiger partial charge on any atom is -0.507 e. The normalized spacial score (nSPS) is 21.6. The molecule has 0 radical (unpaired) electrons. The lowest BCUT2D eigenvalue weighted by molar-refractivity contribution is -0.155. The van der Waals surface area contributed by atoms with Crippen LogP contribution in [0.4, 0.5) is 0 Å². The van der Waals surface area contributed by atoms with E-state index in [4.69, 9.17) is 18.9 Å². The maximum atomic E-state index is 13.7. The lowest BCUT2D eigenvalue weighted by Crippen LogP contribution is -2.34. The van der Waals surface area contributed by atoms with Gasteiger partial charge in [-0.3, -0.25) is 0 Å². The number of nitrogens with one attached hydrogen (secondary N) is 1. The van der Waals surface area contributed by atoms with Crippen molar-refractivity contribution < 1.29 is 33.6 Å². The van der Waals surface area contributed by atoms with E-state index in [1.807, 2.05) is 67.5 Å². The van der Waals surface area contributed by atoms with E-state index in [1.54, 1.807) is 20.8 Å². The van der Waals surface area contributed by atoms with Crippen molar-refractivity contribution in [3.8, 4) is 5.75 Å². The molecular formula is C31H45NO7. The van der Waals surface area contributed by atoms with Gasteiger partial charge in [0.25, 0.3) is 0 Å². The molecule has 2 atom stereocenters. The van der Waals surface area contributed by atoms with Crippen molar-refractivity contribution in [3.63, 3.8) is 0 Å². The Morgan fingerprint density at radius 3 is 1.87 bits per heavy atom. The van der Waals surface area contributed by atoms with Gasteiger partial charge < -0.3 is 29.4 Å². The smallest absolute Gasteiger partial charge is 0.336 e. The highest BCUT2D eigenvalue weighted by Gasteiger charge is 2.41. The maximum Gasteiger partial charge on any atom is 0.336 e. The summed E-state index contributed by atoms with van der Waals surface area (Å²) in [5, 5.41) is 14.5. The van der Waals surface area contributed by atoms with Gasteiger partial charge in [0.1, 0.15) is 18.5 Å². The third kappa shape index (κ3) is 6.67. The van der Waals surface area contributed by atoms with Crippen molar-refractivity contribution in [2.24, 2.45) is 0 Å². The van der Waals surface area contributed by atoms with Gasteiger partial charge in [-0.2, -0.15) is 0 Å². The number of aromatic hydroxyl groups is 1. The lowest BCUT2D eigenvalue weighted by atomic mass is 9.73. The molecule has 1 fully saturated rings. The average molecular weight is 544 g/mol. The number of phenols is 1. The van der Waals surface area contributed by atoms with Crippen molar-refractivity contribution in [3.05, 3.63) is 51.4 Å². The second kappa shape index (κ2) is 11.0. The number of hydrogen-bond acceptors (Lipinski definition) is 8. The van der Waals surface area contributed by atoms with Crippen LogP contribution >= 0.6 is 0 Å². The van der Waals surface area contributed by atoms with Gasteiger partial charge in [-0.25, -0.2) is 9.59 Å². The molecule has 3 rings (SSSR count). The van der Waals surface area contributed by atoms with E-state index in [-0.39, 0.29) is 19.0 Å². The molecule has 2 N–H and O–H groups in total. The molecule has 0 aromatic heterocycles. The van der Waals surface area contributed by atoms with E-state index < -0.39 is 40.6 Å². The third-order valence-corrected chi connectivity index (χ3v) is 7.02. The Labute approximate surface area is 232 Å². The largest absolute Gasteiger partial charge is 0.507 e. The SMILES string of the molecule is CCOC(=O)C1=C(C)NC(C)=C(C(=O)OCC2COC(C)(C)O2)C1c1cc(C(C)(C)C)c(O)c(C(C)(C)C)c1. The number of allylic oxidation sites excluding steroid dienone is 2. The topological polar surface area (TPSA) is 103 Å². The van der Waals surface area contributed by atoms with Crippen LogP contribution < -0.4 is 5.32 Å². The van der Waals surface area contributed by atoms with Crippen molar-refractivity contribution in [2.45, 2.75) is 105 Å².